The van der Waals surface area contributed by atoms with Crippen molar-refractivity contribution < 1.29 is 14.3 Å². The van der Waals surface area contributed by atoms with Gasteiger partial charge in [-0.3, -0.25) is 0 Å². The van der Waals surface area contributed by atoms with E-state index in [0.29, 0.717) is 10.0 Å². The van der Waals surface area contributed by atoms with Crippen molar-refractivity contribution >= 4 is 58.3 Å². The van der Waals surface area contributed by atoms with Crippen LogP contribution in [0.4, 0.5) is 0 Å². The highest BCUT2D eigenvalue weighted by Crippen LogP contribution is 2.24. The van der Waals surface area contributed by atoms with E-state index in [-0.39, 0.29) is 21.2 Å². The average Bonchev–Trinajstić information content (AvgIpc) is 2.37. The molecule has 3 nitrogen and oxygen atoms in total. The number of carbonyl (C=O) groups is 2. The fraction of sp³-hybridized carbons (Fsp3) is 0. The molecule has 0 fully saturated rings. The quantitative estimate of drug-likeness (QED) is 0.537. The lowest BCUT2D eigenvalue weighted by atomic mass is 10.2. The number of hydrogen-bond donors (Lipinski definition) is 0. The van der Waals surface area contributed by atoms with Gasteiger partial charge in [0.2, 0.25) is 0 Å². The molecule has 0 N–H and O–H groups in total. The van der Waals surface area contributed by atoms with Crippen molar-refractivity contribution in [2.75, 3.05) is 0 Å². The molecule has 0 aliphatic heterocycles. The molecule has 0 aliphatic rings. The maximum atomic E-state index is 11.9. The van der Waals surface area contributed by atoms with Crippen molar-refractivity contribution in [3.8, 4) is 0 Å². The van der Waals surface area contributed by atoms with Crippen LogP contribution in [0.25, 0.3) is 0 Å². The first-order valence-corrected chi connectivity index (χ1v) is 7.06. The van der Waals surface area contributed by atoms with Crippen molar-refractivity contribution in [2.24, 2.45) is 0 Å². The molecule has 0 unspecified atom stereocenters. The van der Waals surface area contributed by atoms with Gasteiger partial charge in [0.1, 0.15) is 0 Å². The number of rotatable bonds is 2. The molecule has 2 aromatic rings. The lowest BCUT2D eigenvalue weighted by Crippen LogP contribution is -2.13. The highest BCUT2D eigenvalue weighted by Gasteiger charge is 2.19. The molecule has 0 bridgehead atoms. The number of ether oxygens (including phenoxy) is 1. The van der Waals surface area contributed by atoms with Gasteiger partial charge in [-0.1, -0.05) is 46.4 Å². The summed E-state index contributed by atoms with van der Waals surface area (Å²) in [7, 11) is 0. The number of benzene rings is 2. The molecule has 0 heterocycles. The van der Waals surface area contributed by atoms with Crippen LogP contribution in [-0.4, -0.2) is 11.9 Å². The number of hydrogen-bond acceptors (Lipinski definition) is 3. The van der Waals surface area contributed by atoms with E-state index in [4.69, 9.17) is 51.1 Å². The minimum atomic E-state index is -0.896. The maximum Gasteiger partial charge on any atom is 0.347 e. The largest absolute Gasteiger partial charge is 0.386 e. The second-order valence-corrected chi connectivity index (χ2v) is 5.61. The minimum absolute atomic E-state index is 0.0273. The minimum Gasteiger partial charge on any atom is -0.386 e. The maximum absolute atomic E-state index is 11.9. The summed E-state index contributed by atoms with van der Waals surface area (Å²) >= 11 is 23.2. The van der Waals surface area contributed by atoms with Gasteiger partial charge in [-0.05, 0) is 36.4 Å². The molecule has 0 saturated carbocycles. The first-order chi connectivity index (χ1) is 9.88. The van der Waals surface area contributed by atoms with Crippen LogP contribution in [0.1, 0.15) is 20.7 Å². The molecule has 0 saturated heterocycles. The summed E-state index contributed by atoms with van der Waals surface area (Å²) in [6.07, 6.45) is 0. The molecule has 0 atom stereocenters. The van der Waals surface area contributed by atoms with Gasteiger partial charge in [0.05, 0.1) is 21.2 Å². The average molecular weight is 364 g/mol. The van der Waals surface area contributed by atoms with Gasteiger partial charge in [-0.15, -0.1) is 0 Å². The van der Waals surface area contributed by atoms with Gasteiger partial charge in [-0.2, -0.15) is 0 Å². The topological polar surface area (TPSA) is 43.4 Å². The van der Waals surface area contributed by atoms with E-state index in [1.807, 2.05) is 0 Å². The van der Waals surface area contributed by atoms with Crippen molar-refractivity contribution in [1.82, 2.24) is 0 Å². The summed E-state index contributed by atoms with van der Waals surface area (Å²) in [4.78, 5) is 23.8. The first-order valence-electron chi connectivity index (χ1n) is 5.55. The van der Waals surface area contributed by atoms with E-state index in [2.05, 4.69) is 0 Å². The molecule has 0 spiro atoms. The zero-order chi connectivity index (χ0) is 15.6. The third-order valence-corrected chi connectivity index (χ3v) is 3.58. The zero-order valence-corrected chi connectivity index (χ0v) is 13.2. The Labute approximate surface area is 140 Å². The van der Waals surface area contributed by atoms with Crippen LogP contribution < -0.4 is 0 Å². The first kappa shape index (κ1) is 16.1. The Morgan fingerprint density at radius 2 is 1.10 bits per heavy atom. The van der Waals surface area contributed by atoms with Crippen LogP contribution in [0, 0.1) is 0 Å². The van der Waals surface area contributed by atoms with Crippen LogP contribution in [-0.2, 0) is 4.74 Å². The summed E-state index contributed by atoms with van der Waals surface area (Å²) < 4.78 is 4.73. The Morgan fingerprint density at radius 1 is 0.714 bits per heavy atom. The predicted octanol–water partition coefficient (Wildman–Crippen LogP) is 5.30. The second-order valence-electron chi connectivity index (χ2n) is 3.93. The lowest BCUT2D eigenvalue weighted by Gasteiger charge is -2.06. The lowest BCUT2D eigenvalue weighted by molar-refractivity contribution is 0.0398. The van der Waals surface area contributed by atoms with Crippen molar-refractivity contribution in [3.05, 3.63) is 67.6 Å². The van der Waals surface area contributed by atoms with Gasteiger partial charge in [0.15, 0.2) is 0 Å². The van der Waals surface area contributed by atoms with Gasteiger partial charge in [0, 0.05) is 10.0 Å². The van der Waals surface area contributed by atoms with E-state index in [1.165, 1.54) is 36.4 Å². The van der Waals surface area contributed by atoms with E-state index < -0.39 is 11.9 Å². The highest BCUT2D eigenvalue weighted by atomic mass is 35.5. The summed E-state index contributed by atoms with van der Waals surface area (Å²) in [5.74, 6) is -1.79. The van der Waals surface area contributed by atoms with Crippen LogP contribution in [0.2, 0.25) is 20.1 Å². The van der Waals surface area contributed by atoms with Gasteiger partial charge in [0.25, 0.3) is 0 Å². The van der Waals surface area contributed by atoms with Crippen LogP contribution >= 0.6 is 46.4 Å². The van der Waals surface area contributed by atoms with Crippen LogP contribution in [0.5, 0.6) is 0 Å². The smallest absolute Gasteiger partial charge is 0.347 e. The Bertz CT molecular complexity index is 667. The van der Waals surface area contributed by atoms with Gasteiger partial charge in [-0.25, -0.2) is 9.59 Å². The monoisotopic (exact) mass is 362 g/mol. The Hall–Kier alpha value is -1.26. The second kappa shape index (κ2) is 6.67. The third kappa shape index (κ3) is 3.89. The van der Waals surface area contributed by atoms with E-state index >= 15 is 0 Å². The van der Waals surface area contributed by atoms with Crippen LogP contribution in [0.3, 0.4) is 0 Å². The SMILES string of the molecule is O=C(OC(=O)c1ccc(Cl)cc1Cl)c1ccc(Cl)cc1Cl. The van der Waals surface area contributed by atoms with Crippen molar-refractivity contribution in [3.63, 3.8) is 0 Å². The summed E-state index contributed by atoms with van der Waals surface area (Å²) in [6, 6.07) is 8.40. The van der Waals surface area contributed by atoms with Crippen molar-refractivity contribution in [2.45, 2.75) is 0 Å². The van der Waals surface area contributed by atoms with Crippen LogP contribution in [0.15, 0.2) is 36.4 Å². The molecule has 0 aliphatic carbocycles. The van der Waals surface area contributed by atoms with E-state index in [9.17, 15) is 9.59 Å². The molecular formula is C14H6Cl4O3. The standard InChI is InChI=1S/C14H6Cl4O3/c15-7-1-3-9(11(17)5-7)13(19)21-14(20)10-4-2-8(16)6-12(10)18/h1-6H. The molecule has 0 amide bonds. The van der Waals surface area contributed by atoms with E-state index in [1.54, 1.807) is 0 Å². The number of carbonyl (C=O) groups excluding carboxylic acids is 2. The molecule has 0 aromatic heterocycles. The Morgan fingerprint density at radius 3 is 1.43 bits per heavy atom. The molecule has 2 rings (SSSR count). The fourth-order valence-electron chi connectivity index (χ4n) is 1.50. The fourth-order valence-corrected chi connectivity index (χ4v) is 2.48. The molecular weight excluding hydrogens is 358 g/mol. The molecule has 21 heavy (non-hydrogen) atoms. The summed E-state index contributed by atoms with van der Waals surface area (Å²) in [6.45, 7) is 0. The molecule has 108 valence electrons. The predicted molar refractivity (Wildman–Crippen MR) is 82.7 cm³/mol. The normalized spacial score (nSPS) is 10.3. The molecule has 0 radical (unpaired) electrons. The Kier molecular flexibility index (Phi) is 5.12. The zero-order valence-electron chi connectivity index (χ0n) is 10.2. The van der Waals surface area contributed by atoms with Crippen molar-refractivity contribution in [1.29, 1.82) is 0 Å². The highest BCUT2D eigenvalue weighted by molar-refractivity contribution is 6.37. The Balaban J connectivity index is 2.21. The number of halogens is 4. The summed E-state index contributed by atoms with van der Waals surface area (Å²) in [5.41, 5.74) is 0.0546. The van der Waals surface area contributed by atoms with Gasteiger partial charge >= 0.3 is 11.9 Å². The number of esters is 2. The summed E-state index contributed by atoms with van der Waals surface area (Å²) in [5, 5.41) is 0.900. The third-order valence-electron chi connectivity index (χ3n) is 2.49. The van der Waals surface area contributed by atoms with Gasteiger partial charge < -0.3 is 4.74 Å². The molecule has 7 heteroatoms. The van der Waals surface area contributed by atoms with E-state index in [0.717, 1.165) is 0 Å². The molecule has 2 aromatic carbocycles.